The van der Waals surface area contributed by atoms with E-state index in [4.69, 9.17) is 4.74 Å². The molecular formula is C29H45N3O5S. The average Bonchev–Trinajstić information content (AvgIpc) is 2.92. The lowest BCUT2D eigenvalue weighted by atomic mass is 10.0. The molecule has 0 aliphatic rings. The summed E-state index contributed by atoms with van der Waals surface area (Å²) < 4.78 is 32.7. The number of carbonyl (C=O) groups is 1. The first-order valence-electron chi connectivity index (χ1n) is 13.6. The molecule has 0 aliphatic heterocycles. The Kier molecular flexibility index (Phi) is 14.4. The van der Waals surface area contributed by atoms with E-state index in [0.29, 0.717) is 26.1 Å². The molecule has 2 aromatic carbocycles. The molecule has 0 bridgehead atoms. The molecule has 0 saturated carbocycles. The second-order valence-electron chi connectivity index (χ2n) is 9.59. The van der Waals surface area contributed by atoms with Crippen molar-refractivity contribution < 1.29 is 23.1 Å². The Balaban J connectivity index is 1.99. The summed E-state index contributed by atoms with van der Waals surface area (Å²) in [5, 5.41) is 17.1. The number of benzene rings is 2. The largest absolute Gasteiger partial charge is 0.497 e. The van der Waals surface area contributed by atoms with Crippen LogP contribution in [0.3, 0.4) is 0 Å². The maximum atomic E-state index is 13.0. The van der Waals surface area contributed by atoms with Gasteiger partial charge in [0.1, 0.15) is 5.75 Å². The van der Waals surface area contributed by atoms with E-state index in [1.54, 1.807) is 7.11 Å². The van der Waals surface area contributed by atoms with Gasteiger partial charge < -0.3 is 20.5 Å². The highest BCUT2D eigenvalue weighted by Crippen LogP contribution is 2.13. The van der Waals surface area contributed by atoms with E-state index < -0.39 is 22.2 Å². The van der Waals surface area contributed by atoms with Crippen molar-refractivity contribution in [3.63, 3.8) is 0 Å². The third-order valence-electron chi connectivity index (χ3n) is 6.43. The predicted molar refractivity (Wildman–Crippen MR) is 153 cm³/mol. The van der Waals surface area contributed by atoms with Gasteiger partial charge in [-0.3, -0.25) is 4.79 Å². The molecule has 0 spiro atoms. The number of rotatable bonds is 19. The highest BCUT2D eigenvalue weighted by Gasteiger charge is 2.25. The second kappa shape index (κ2) is 17.2. The number of methoxy groups -OCH3 is 1. The summed E-state index contributed by atoms with van der Waals surface area (Å²) >= 11 is 0. The molecular weight excluding hydrogens is 502 g/mol. The summed E-state index contributed by atoms with van der Waals surface area (Å²) in [7, 11) is -1.92. The molecule has 8 nitrogen and oxygen atoms in total. The van der Waals surface area contributed by atoms with Gasteiger partial charge in [0.05, 0.1) is 25.0 Å². The van der Waals surface area contributed by atoms with Crippen LogP contribution >= 0.6 is 0 Å². The van der Waals surface area contributed by atoms with Crippen molar-refractivity contribution in [2.75, 3.05) is 32.5 Å². The summed E-state index contributed by atoms with van der Waals surface area (Å²) in [6.07, 6.45) is 2.82. The van der Waals surface area contributed by atoms with Crippen LogP contribution in [0.1, 0.15) is 57.1 Å². The molecule has 0 aliphatic carbocycles. The molecule has 38 heavy (non-hydrogen) atoms. The fourth-order valence-electron chi connectivity index (χ4n) is 4.13. The normalized spacial score (nSPS) is 13.3. The Hall–Kier alpha value is -2.46. The topological polar surface area (TPSA) is 108 Å². The van der Waals surface area contributed by atoms with Crippen LogP contribution in [0, 0.1) is 0 Å². The summed E-state index contributed by atoms with van der Waals surface area (Å²) in [6.45, 7) is 5.81. The predicted octanol–water partition coefficient (Wildman–Crippen LogP) is 3.50. The van der Waals surface area contributed by atoms with E-state index in [9.17, 15) is 18.3 Å². The second-order valence-corrected chi connectivity index (χ2v) is 11.7. The minimum atomic E-state index is -3.54. The van der Waals surface area contributed by atoms with Crippen molar-refractivity contribution in [1.29, 1.82) is 0 Å². The van der Waals surface area contributed by atoms with Crippen LogP contribution in [0.4, 0.5) is 0 Å². The monoisotopic (exact) mass is 547 g/mol. The lowest BCUT2D eigenvalue weighted by Gasteiger charge is -2.25. The summed E-state index contributed by atoms with van der Waals surface area (Å²) in [4.78, 5) is 12.9. The van der Waals surface area contributed by atoms with Gasteiger partial charge >= 0.3 is 0 Å². The van der Waals surface area contributed by atoms with Gasteiger partial charge in [-0.2, -0.15) is 0 Å². The molecule has 0 radical (unpaired) electrons. The van der Waals surface area contributed by atoms with Gasteiger partial charge in [-0.15, -0.1) is 0 Å². The summed E-state index contributed by atoms with van der Waals surface area (Å²) in [5.41, 5.74) is 1.99. The van der Waals surface area contributed by atoms with Crippen LogP contribution in [-0.2, 0) is 27.8 Å². The van der Waals surface area contributed by atoms with Crippen LogP contribution in [0.2, 0.25) is 0 Å². The van der Waals surface area contributed by atoms with E-state index in [1.165, 1.54) is 4.31 Å². The Bertz CT molecular complexity index is 1040. The smallest absolute Gasteiger partial charge is 0.221 e. The number of ether oxygens (including phenoxy) is 1. The molecule has 2 aromatic rings. The molecule has 0 saturated heterocycles. The maximum absolute atomic E-state index is 13.0. The first-order valence-corrected chi connectivity index (χ1v) is 15.2. The van der Waals surface area contributed by atoms with E-state index >= 15 is 0 Å². The first kappa shape index (κ1) is 31.8. The fourth-order valence-corrected chi connectivity index (χ4v) is 5.65. The highest BCUT2D eigenvalue weighted by atomic mass is 32.2. The van der Waals surface area contributed by atoms with Crippen LogP contribution in [0.5, 0.6) is 5.75 Å². The number of nitrogens with zero attached hydrogens (tertiary/aromatic N) is 1. The van der Waals surface area contributed by atoms with Gasteiger partial charge in [0, 0.05) is 32.6 Å². The maximum Gasteiger partial charge on any atom is 0.221 e. The number of sulfonamides is 1. The van der Waals surface area contributed by atoms with Crippen LogP contribution in [0.25, 0.3) is 0 Å². The highest BCUT2D eigenvalue weighted by molar-refractivity contribution is 7.89. The number of amides is 1. The first-order chi connectivity index (χ1) is 18.3. The molecule has 212 valence electrons. The number of carbonyl (C=O) groups excluding carboxylic acids is 1. The van der Waals surface area contributed by atoms with Gasteiger partial charge in [0.25, 0.3) is 0 Å². The van der Waals surface area contributed by atoms with Crippen molar-refractivity contribution in [3.05, 3.63) is 65.7 Å². The van der Waals surface area contributed by atoms with E-state index in [0.717, 1.165) is 42.6 Å². The van der Waals surface area contributed by atoms with Crippen LogP contribution < -0.4 is 15.4 Å². The van der Waals surface area contributed by atoms with Gasteiger partial charge in [-0.1, -0.05) is 69.2 Å². The van der Waals surface area contributed by atoms with Crippen molar-refractivity contribution in [2.45, 2.75) is 71.1 Å². The molecule has 0 heterocycles. The van der Waals surface area contributed by atoms with Crippen molar-refractivity contribution in [2.24, 2.45) is 0 Å². The van der Waals surface area contributed by atoms with E-state index in [1.807, 2.05) is 68.4 Å². The number of nitrogens with one attached hydrogen (secondary N) is 2. The van der Waals surface area contributed by atoms with Gasteiger partial charge in [0.2, 0.25) is 15.9 Å². The molecule has 9 heteroatoms. The molecule has 2 atom stereocenters. The van der Waals surface area contributed by atoms with Crippen molar-refractivity contribution in [3.8, 4) is 5.75 Å². The standard InChI is InChI=1S/C29H45N3O5S/c1-4-6-17-32(18-7-5-2)38(35,36)19-16-29(34)31-27(21-24-12-9-8-10-13-24)28(33)23-30-22-25-14-11-15-26(20-25)37-3/h8-15,20,27-28,30,33H,4-7,16-19,21-23H2,1-3H3,(H,31,34)/t27-,28+/m0/s1. The average molecular weight is 548 g/mol. The third kappa shape index (κ3) is 11.5. The molecule has 0 fully saturated rings. The third-order valence-corrected chi connectivity index (χ3v) is 8.30. The van der Waals surface area contributed by atoms with Crippen LogP contribution in [-0.4, -0.2) is 68.4 Å². The minimum absolute atomic E-state index is 0.146. The lowest BCUT2D eigenvalue weighted by molar-refractivity contribution is -0.122. The minimum Gasteiger partial charge on any atom is -0.497 e. The zero-order valence-corrected chi connectivity index (χ0v) is 23.9. The zero-order valence-electron chi connectivity index (χ0n) is 23.1. The van der Waals surface area contributed by atoms with Gasteiger partial charge in [-0.25, -0.2) is 12.7 Å². The number of aliphatic hydroxyl groups is 1. The van der Waals surface area contributed by atoms with E-state index in [2.05, 4.69) is 10.6 Å². The Morgan fingerprint density at radius 2 is 1.66 bits per heavy atom. The number of aliphatic hydroxyl groups excluding tert-OH is 1. The van der Waals surface area contributed by atoms with Crippen LogP contribution in [0.15, 0.2) is 54.6 Å². The SMILES string of the molecule is CCCCN(CCCC)S(=O)(=O)CCC(=O)N[C@@H](Cc1ccccc1)[C@H](O)CNCc1cccc(OC)c1. The zero-order chi connectivity index (χ0) is 27.8. The lowest BCUT2D eigenvalue weighted by Crippen LogP contribution is -2.49. The van der Waals surface area contributed by atoms with Gasteiger partial charge in [-0.05, 0) is 42.5 Å². The summed E-state index contributed by atoms with van der Waals surface area (Å²) in [5.74, 6) is 0.137. The molecule has 2 rings (SSSR count). The van der Waals surface area contributed by atoms with Gasteiger partial charge in [0.15, 0.2) is 0 Å². The van der Waals surface area contributed by atoms with E-state index in [-0.39, 0.29) is 24.6 Å². The number of hydrogen-bond acceptors (Lipinski definition) is 6. The number of hydrogen-bond donors (Lipinski definition) is 3. The Labute approximate surface area is 228 Å². The molecule has 0 aromatic heterocycles. The Morgan fingerprint density at radius 3 is 2.29 bits per heavy atom. The quantitative estimate of drug-likeness (QED) is 0.249. The number of unbranched alkanes of at least 4 members (excludes halogenated alkanes) is 2. The summed E-state index contributed by atoms with van der Waals surface area (Å²) in [6, 6.07) is 16.7. The fraction of sp³-hybridized carbons (Fsp3) is 0.552. The Morgan fingerprint density at radius 1 is 1.00 bits per heavy atom. The molecule has 1 amide bonds. The molecule has 0 unspecified atom stereocenters. The molecule has 3 N–H and O–H groups in total. The van der Waals surface area contributed by atoms with Crippen molar-refractivity contribution >= 4 is 15.9 Å². The van der Waals surface area contributed by atoms with Crippen molar-refractivity contribution in [1.82, 2.24) is 14.9 Å².